The van der Waals surface area contributed by atoms with Gasteiger partial charge >= 0.3 is 0 Å². The van der Waals surface area contributed by atoms with Crippen LogP contribution in [0, 0.1) is 0 Å². The van der Waals surface area contributed by atoms with Crippen LogP contribution < -0.4 is 5.32 Å². The highest BCUT2D eigenvalue weighted by Gasteiger charge is 2.09. The Morgan fingerprint density at radius 3 is 3.00 bits per heavy atom. The quantitative estimate of drug-likeness (QED) is 0.851. The van der Waals surface area contributed by atoms with Gasteiger partial charge in [-0.25, -0.2) is 4.98 Å². The molecule has 2 aromatic rings. The van der Waals surface area contributed by atoms with Crippen LogP contribution in [0.15, 0.2) is 18.2 Å². The van der Waals surface area contributed by atoms with Crippen LogP contribution in [0.2, 0.25) is 5.02 Å². The molecule has 4 heteroatoms. The Kier molecular flexibility index (Phi) is 2.72. The highest BCUT2D eigenvalue weighted by molar-refractivity contribution is 7.18. The molecule has 2 rings (SSSR count). The van der Waals surface area contributed by atoms with Crippen molar-refractivity contribution >= 4 is 33.2 Å². The fourth-order valence-electron chi connectivity index (χ4n) is 1.22. The van der Waals surface area contributed by atoms with E-state index in [2.05, 4.69) is 17.2 Å². The summed E-state index contributed by atoms with van der Waals surface area (Å²) in [5.74, 6) is 0. The van der Waals surface area contributed by atoms with Gasteiger partial charge in [0.05, 0.1) is 16.3 Å². The van der Waals surface area contributed by atoms with Gasteiger partial charge < -0.3 is 5.32 Å². The van der Waals surface area contributed by atoms with E-state index in [1.54, 1.807) is 11.3 Å². The van der Waals surface area contributed by atoms with Crippen LogP contribution in [0.3, 0.4) is 0 Å². The van der Waals surface area contributed by atoms with Crippen LogP contribution in [-0.2, 0) is 0 Å². The summed E-state index contributed by atoms with van der Waals surface area (Å²) in [6.45, 7) is 2.10. The predicted octanol–water partition coefficient (Wildman–Crippen LogP) is 3.23. The number of rotatable bonds is 2. The van der Waals surface area contributed by atoms with Crippen molar-refractivity contribution in [3.05, 3.63) is 28.2 Å². The van der Waals surface area contributed by atoms with Gasteiger partial charge in [0.2, 0.25) is 0 Å². The summed E-state index contributed by atoms with van der Waals surface area (Å²) >= 11 is 7.59. The second-order valence-electron chi connectivity index (χ2n) is 3.17. The molecular weight excluding hydrogens is 216 g/mol. The van der Waals surface area contributed by atoms with Crippen LogP contribution >= 0.6 is 22.9 Å². The molecule has 2 nitrogen and oxygen atoms in total. The first kappa shape index (κ1) is 9.90. The van der Waals surface area contributed by atoms with E-state index in [1.165, 1.54) is 0 Å². The van der Waals surface area contributed by atoms with E-state index in [0.717, 1.165) is 20.2 Å². The van der Waals surface area contributed by atoms with Gasteiger partial charge in [0.15, 0.2) is 0 Å². The van der Waals surface area contributed by atoms with Gasteiger partial charge in [0.25, 0.3) is 0 Å². The second-order valence-corrected chi connectivity index (χ2v) is 4.67. The van der Waals surface area contributed by atoms with Crippen molar-refractivity contribution in [3.8, 4) is 0 Å². The molecule has 0 fully saturated rings. The number of nitrogens with one attached hydrogen (secondary N) is 1. The molecule has 0 aliphatic rings. The average molecular weight is 227 g/mol. The largest absolute Gasteiger partial charge is 0.311 e. The zero-order valence-electron chi connectivity index (χ0n) is 8.04. The Morgan fingerprint density at radius 1 is 1.50 bits per heavy atom. The van der Waals surface area contributed by atoms with E-state index in [9.17, 15) is 0 Å². The lowest BCUT2D eigenvalue weighted by Crippen LogP contribution is -2.11. The lowest BCUT2D eigenvalue weighted by atomic mass is 10.3. The van der Waals surface area contributed by atoms with Gasteiger partial charge in [-0.05, 0) is 32.2 Å². The summed E-state index contributed by atoms with van der Waals surface area (Å²) in [5.41, 5.74) is 1.02. The summed E-state index contributed by atoms with van der Waals surface area (Å²) in [6.07, 6.45) is 0. The average Bonchev–Trinajstić information content (AvgIpc) is 2.59. The van der Waals surface area contributed by atoms with E-state index in [1.807, 2.05) is 25.2 Å². The number of aromatic nitrogens is 1. The monoisotopic (exact) mass is 226 g/mol. The zero-order valence-corrected chi connectivity index (χ0v) is 9.62. The summed E-state index contributed by atoms with van der Waals surface area (Å²) < 4.78 is 1.15. The van der Waals surface area contributed by atoms with Gasteiger partial charge in [-0.3, -0.25) is 0 Å². The molecule has 0 aliphatic carbocycles. The van der Waals surface area contributed by atoms with Crippen molar-refractivity contribution in [2.24, 2.45) is 0 Å². The van der Waals surface area contributed by atoms with Crippen LogP contribution in [0.25, 0.3) is 10.2 Å². The van der Waals surface area contributed by atoms with Gasteiger partial charge in [-0.2, -0.15) is 0 Å². The molecule has 0 amide bonds. The fourth-order valence-corrected chi connectivity index (χ4v) is 2.53. The van der Waals surface area contributed by atoms with Crippen molar-refractivity contribution in [2.75, 3.05) is 7.05 Å². The van der Waals surface area contributed by atoms with Gasteiger partial charge in [-0.1, -0.05) is 11.6 Å². The minimum atomic E-state index is 0.297. The summed E-state index contributed by atoms with van der Waals surface area (Å²) in [4.78, 5) is 4.52. The van der Waals surface area contributed by atoms with E-state index >= 15 is 0 Å². The maximum absolute atomic E-state index is 5.90. The van der Waals surface area contributed by atoms with Crippen LogP contribution in [-0.4, -0.2) is 12.0 Å². The molecule has 1 aromatic heterocycles. The molecule has 1 N–H and O–H groups in total. The molecule has 0 spiro atoms. The van der Waals surface area contributed by atoms with Crippen molar-refractivity contribution < 1.29 is 0 Å². The number of nitrogens with zero attached hydrogens (tertiary/aromatic N) is 1. The maximum atomic E-state index is 5.90. The molecule has 0 aliphatic heterocycles. The Bertz CT molecular complexity index is 452. The van der Waals surface area contributed by atoms with Crippen molar-refractivity contribution in [1.82, 2.24) is 10.3 Å². The molecule has 14 heavy (non-hydrogen) atoms. The molecule has 74 valence electrons. The first-order valence-electron chi connectivity index (χ1n) is 4.44. The number of hydrogen-bond donors (Lipinski definition) is 1. The number of thiazole rings is 1. The predicted molar refractivity (Wildman–Crippen MR) is 62.1 cm³/mol. The number of fused-ring (bicyclic) bond motifs is 1. The normalized spacial score (nSPS) is 13.4. The Morgan fingerprint density at radius 2 is 2.29 bits per heavy atom. The Balaban J connectivity index is 2.51. The fraction of sp³-hybridized carbons (Fsp3) is 0.300. The standard InChI is InChI=1S/C10H11ClN2S/c1-6(12-2)10-13-8-4-3-7(11)5-9(8)14-10/h3-6,12H,1-2H3. The minimum absolute atomic E-state index is 0.297. The molecule has 0 saturated carbocycles. The minimum Gasteiger partial charge on any atom is -0.311 e. The van der Waals surface area contributed by atoms with Crippen LogP contribution in [0.1, 0.15) is 18.0 Å². The smallest absolute Gasteiger partial charge is 0.111 e. The lowest BCUT2D eigenvalue weighted by molar-refractivity contribution is 0.649. The summed E-state index contributed by atoms with van der Waals surface area (Å²) in [5, 5.41) is 5.04. The SMILES string of the molecule is CNC(C)c1nc2ccc(Cl)cc2s1. The first-order valence-corrected chi connectivity index (χ1v) is 5.63. The highest BCUT2D eigenvalue weighted by atomic mass is 35.5. The van der Waals surface area contributed by atoms with Gasteiger partial charge in [0, 0.05) is 5.02 Å². The molecule has 0 saturated heterocycles. The van der Waals surface area contributed by atoms with E-state index in [-0.39, 0.29) is 0 Å². The van der Waals surface area contributed by atoms with Gasteiger partial charge in [0.1, 0.15) is 5.01 Å². The van der Waals surface area contributed by atoms with E-state index in [4.69, 9.17) is 11.6 Å². The number of halogens is 1. The van der Waals surface area contributed by atoms with E-state index in [0.29, 0.717) is 6.04 Å². The maximum Gasteiger partial charge on any atom is 0.111 e. The van der Waals surface area contributed by atoms with Crippen LogP contribution in [0.4, 0.5) is 0 Å². The zero-order chi connectivity index (χ0) is 10.1. The Labute approximate surface area is 91.9 Å². The summed E-state index contributed by atoms with van der Waals surface area (Å²) in [6, 6.07) is 6.09. The topological polar surface area (TPSA) is 24.9 Å². The molecule has 1 unspecified atom stereocenters. The third-order valence-corrected chi connectivity index (χ3v) is 3.61. The molecule has 0 radical (unpaired) electrons. The molecule has 1 aromatic carbocycles. The number of hydrogen-bond acceptors (Lipinski definition) is 3. The van der Waals surface area contributed by atoms with Crippen molar-refractivity contribution in [3.63, 3.8) is 0 Å². The Hall–Kier alpha value is -0.640. The number of benzene rings is 1. The molecule has 1 atom stereocenters. The highest BCUT2D eigenvalue weighted by Crippen LogP contribution is 2.28. The van der Waals surface area contributed by atoms with Crippen molar-refractivity contribution in [2.45, 2.75) is 13.0 Å². The summed E-state index contributed by atoms with van der Waals surface area (Å²) in [7, 11) is 1.93. The third kappa shape index (κ3) is 1.75. The van der Waals surface area contributed by atoms with Gasteiger partial charge in [-0.15, -0.1) is 11.3 Å². The van der Waals surface area contributed by atoms with Crippen LogP contribution in [0.5, 0.6) is 0 Å². The first-order chi connectivity index (χ1) is 6.70. The van der Waals surface area contributed by atoms with Crippen molar-refractivity contribution in [1.29, 1.82) is 0 Å². The van der Waals surface area contributed by atoms with E-state index < -0.39 is 0 Å². The molecular formula is C10H11ClN2S. The molecule has 1 heterocycles. The third-order valence-electron chi connectivity index (χ3n) is 2.17. The lowest BCUT2D eigenvalue weighted by Gasteiger charge is -2.03. The molecule has 0 bridgehead atoms. The second kappa shape index (κ2) is 3.85.